The molecule has 0 unspecified atom stereocenters. The second-order valence-corrected chi connectivity index (χ2v) is 7.96. The molecular formula is C20H13Cl2NO4S. The van der Waals surface area contributed by atoms with Crippen LogP contribution in [0, 0.1) is 0 Å². The number of esters is 1. The van der Waals surface area contributed by atoms with Crippen molar-refractivity contribution in [3.05, 3.63) is 84.6 Å². The van der Waals surface area contributed by atoms with Gasteiger partial charge in [-0.3, -0.25) is 4.79 Å². The smallest absolute Gasteiger partial charge is 0.340 e. The number of rotatable bonds is 2. The largest absolute Gasteiger partial charge is 0.465 e. The lowest BCUT2D eigenvalue weighted by Gasteiger charge is -2.28. The number of methoxy groups -OCH3 is 1. The molecule has 0 radical (unpaired) electrons. The lowest BCUT2D eigenvalue weighted by atomic mass is 9.83. The summed E-state index contributed by atoms with van der Waals surface area (Å²) < 4.78 is 11.2. The van der Waals surface area contributed by atoms with E-state index in [0.717, 1.165) is 21.4 Å². The van der Waals surface area contributed by atoms with Gasteiger partial charge in [-0.25, -0.2) is 4.79 Å². The maximum absolute atomic E-state index is 13.1. The van der Waals surface area contributed by atoms with Crippen LogP contribution in [0.1, 0.15) is 17.0 Å². The molecule has 0 saturated carbocycles. The fraction of sp³-hybridized carbons (Fsp3) is 0.100. The molecule has 2 aromatic carbocycles. The van der Waals surface area contributed by atoms with Crippen LogP contribution >= 0.6 is 34.5 Å². The van der Waals surface area contributed by atoms with Crippen LogP contribution in [-0.2, 0) is 9.53 Å². The number of hydrogen-bond acceptors (Lipinski definition) is 6. The Morgan fingerprint density at radius 3 is 2.68 bits per heavy atom. The molecule has 0 saturated heterocycles. The molecule has 0 aliphatic carbocycles. The number of ether oxygens (including phenoxy) is 2. The standard InChI is InChI=1S/C20H13Cl2NO4S/c1-26-19(24)16-14(10-7-6-9(21)8-12(10)22)15-17(27-18(16)23)11-4-2-3-5-13(11)28-20(15)25/h2-8,14H,23H2,1H3/t14-/m1/s1. The molecule has 0 bridgehead atoms. The number of carbonyl (C=O) groups is 1. The Kier molecular flexibility index (Phi) is 4.79. The predicted molar refractivity (Wildman–Crippen MR) is 110 cm³/mol. The summed E-state index contributed by atoms with van der Waals surface area (Å²) in [6.45, 7) is 0. The van der Waals surface area contributed by atoms with Crippen LogP contribution in [0.5, 0.6) is 5.75 Å². The Balaban J connectivity index is 2.10. The van der Waals surface area contributed by atoms with E-state index in [1.807, 2.05) is 24.3 Å². The summed E-state index contributed by atoms with van der Waals surface area (Å²) in [6, 6.07) is 12.2. The molecule has 8 heteroatoms. The number of carbonyl (C=O) groups excluding carboxylic acids is 1. The fourth-order valence-corrected chi connectivity index (χ4v) is 4.78. The van der Waals surface area contributed by atoms with E-state index in [1.54, 1.807) is 18.2 Å². The Hall–Kier alpha value is -2.54. The molecule has 3 aromatic rings. The lowest BCUT2D eigenvalue weighted by Crippen LogP contribution is -2.30. The summed E-state index contributed by atoms with van der Waals surface area (Å²) in [5.74, 6) is -1.34. The fourth-order valence-electron chi connectivity index (χ4n) is 3.32. The zero-order valence-electron chi connectivity index (χ0n) is 14.5. The highest BCUT2D eigenvalue weighted by atomic mass is 35.5. The van der Waals surface area contributed by atoms with E-state index < -0.39 is 11.9 Å². The van der Waals surface area contributed by atoms with E-state index in [4.69, 9.17) is 38.4 Å². The molecule has 2 heterocycles. The van der Waals surface area contributed by atoms with Crippen molar-refractivity contribution in [2.24, 2.45) is 5.73 Å². The molecule has 1 aliphatic rings. The van der Waals surface area contributed by atoms with Crippen LogP contribution < -0.4 is 15.2 Å². The molecule has 28 heavy (non-hydrogen) atoms. The van der Waals surface area contributed by atoms with Gasteiger partial charge in [0.1, 0.15) is 11.3 Å². The normalized spacial score (nSPS) is 15.9. The Morgan fingerprint density at radius 2 is 1.96 bits per heavy atom. The van der Waals surface area contributed by atoms with Crippen molar-refractivity contribution in [3.8, 4) is 5.75 Å². The van der Waals surface area contributed by atoms with E-state index >= 15 is 0 Å². The quantitative estimate of drug-likeness (QED) is 0.604. The summed E-state index contributed by atoms with van der Waals surface area (Å²) in [5, 5.41) is 1.46. The molecular weight excluding hydrogens is 421 g/mol. The first-order chi connectivity index (χ1) is 13.4. The van der Waals surface area contributed by atoms with Gasteiger partial charge in [-0.05, 0) is 29.8 Å². The molecule has 0 amide bonds. The van der Waals surface area contributed by atoms with Gasteiger partial charge in [0.2, 0.25) is 10.6 Å². The summed E-state index contributed by atoms with van der Waals surface area (Å²) in [5.41, 5.74) is 6.94. The molecule has 1 aromatic heterocycles. The van der Waals surface area contributed by atoms with Crippen molar-refractivity contribution < 1.29 is 14.3 Å². The highest BCUT2D eigenvalue weighted by Crippen LogP contribution is 2.46. The first-order valence-corrected chi connectivity index (χ1v) is 9.76. The summed E-state index contributed by atoms with van der Waals surface area (Å²) >= 11 is 13.5. The monoisotopic (exact) mass is 433 g/mol. The third kappa shape index (κ3) is 2.94. The van der Waals surface area contributed by atoms with Crippen LogP contribution in [0.25, 0.3) is 10.1 Å². The first-order valence-electron chi connectivity index (χ1n) is 8.19. The van der Waals surface area contributed by atoms with Crippen molar-refractivity contribution in [3.63, 3.8) is 0 Å². The number of halogens is 2. The number of hydrogen-bond donors (Lipinski definition) is 1. The molecule has 2 N–H and O–H groups in total. The summed E-state index contributed by atoms with van der Waals surface area (Å²) in [4.78, 5) is 25.6. The lowest BCUT2D eigenvalue weighted by molar-refractivity contribution is -0.136. The highest BCUT2D eigenvalue weighted by molar-refractivity contribution is 7.16. The molecule has 1 aliphatic heterocycles. The van der Waals surface area contributed by atoms with E-state index in [-0.39, 0.29) is 16.2 Å². The SMILES string of the molecule is COC(=O)C1=C(N)Oc2c(c(=O)sc3ccccc23)[C@H]1c1ccc(Cl)cc1Cl. The van der Waals surface area contributed by atoms with Crippen LogP contribution in [0.2, 0.25) is 10.0 Å². The van der Waals surface area contributed by atoms with Crippen molar-refractivity contribution >= 4 is 50.6 Å². The molecule has 142 valence electrons. The average molecular weight is 434 g/mol. The van der Waals surface area contributed by atoms with Crippen LogP contribution in [0.15, 0.2) is 58.7 Å². The third-order valence-electron chi connectivity index (χ3n) is 4.53. The van der Waals surface area contributed by atoms with Crippen molar-refractivity contribution in [2.45, 2.75) is 5.92 Å². The van der Waals surface area contributed by atoms with Gasteiger partial charge in [-0.15, -0.1) is 0 Å². The molecule has 0 fully saturated rings. The van der Waals surface area contributed by atoms with E-state index in [1.165, 1.54) is 7.11 Å². The predicted octanol–water partition coefficient (Wildman–Crippen LogP) is 4.44. The van der Waals surface area contributed by atoms with Crippen molar-refractivity contribution in [1.29, 1.82) is 0 Å². The summed E-state index contributed by atoms with van der Waals surface area (Å²) in [7, 11) is 1.24. The molecule has 4 rings (SSSR count). The minimum atomic E-state index is -0.839. The molecule has 5 nitrogen and oxygen atoms in total. The Labute approximate surface area is 173 Å². The summed E-state index contributed by atoms with van der Waals surface area (Å²) in [6.07, 6.45) is 0. The molecule has 1 atom stereocenters. The maximum atomic E-state index is 13.1. The van der Waals surface area contributed by atoms with Gasteiger partial charge < -0.3 is 15.2 Å². The number of fused-ring (bicyclic) bond motifs is 3. The van der Waals surface area contributed by atoms with Gasteiger partial charge in [-0.1, -0.05) is 52.7 Å². The average Bonchev–Trinajstić information content (AvgIpc) is 2.67. The zero-order chi connectivity index (χ0) is 20.0. The van der Waals surface area contributed by atoms with E-state index in [2.05, 4.69) is 0 Å². The van der Waals surface area contributed by atoms with Gasteiger partial charge in [0.05, 0.1) is 18.6 Å². The van der Waals surface area contributed by atoms with E-state index in [9.17, 15) is 9.59 Å². The second kappa shape index (κ2) is 7.13. The first kappa shape index (κ1) is 18.8. The molecule has 0 spiro atoms. The zero-order valence-corrected chi connectivity index (χ0v) is 16.8. The highest BCUT2D eigenvalue weighted by Gasteiger charge is 2.39. The van der Waals surface area contributed by atoms with Crippen LogP contribution in [0.3, 0.4) is 0 Å². The van der Waals surface area contributed by atoms with Gasteiger partial charge in [-0.2, -0.15) is 0 Å². The Bertz CT molecular complexity index is 1220. The number of nitrogens with two attached hydrogens (primary N) is 1. The minimum Gasteiger partial charge on any atom is -0.465 e. The van der Waals surface area contributed by atoms with E-state index in [0.29, 0.717) is 26.9 Å². The van der Waals surface area contributed by atoms with Gasteiger partial charge in [0.15, 0.2) is 0 Å². The van der Waals surface area contributed by atoms with Gasteiger partial charge in [0.25, 0.3) is 0 Å². The van der Waals surface area contributed by atoms with Gasteiger partial charge in [0, 0.05) is 20.1 Å². The third-order valence-corrected chi connectivity index (χ3v) is 6.08. The second-order valence-electron chi connectivity index (χ2n) is 6.10. The Morgan fingerprint density at radius 1 is 1.21 bits per heavy atom. The maximum Gasteiger partial charge on any atom is 0.340 e. The topological polar surface area (TPSA) is 78.6 Å². The van der Waals surface area contributed by atoms with Crippen LogP contribution in [0.4, 0.5) is 0 Å². The number of benzene rings is 2. The van der Waals surface area contributed by atoms with Crippen molar-refractivity contribution in [2.75, 3.05) is 7.11 Å². The van der Waals surface area contributed by atoms with Crippen LogP contribution in [-0.4, -0.2) is 13.1 Å². The minimum absolute atomic E-state index is 0.0267. The van der Waals surface area contributed by atoms with Crippen molar-refractivity contribution in [1.82, 2.24) is 0 Å². The van der Waals surface area contributed by atoms with Gasteiger partial charge >= 0.3 is 5.97 Å².